The number of carbonyl (C=O) groups is 2. The van der Waals surface area contributed by atoms with E-state index in [1.165, 1.54) is 17.4 Å². The maximum Gasteiger partial charge on any atom is 0.338 e. The molecular formula is C13H18N2O3S. The van der Waals surface area contributed by atoms with E-state index in [4.69, 9.17) is 5.11 Å². The molecule has 0 radical (unpaired) electrons. The zero-order valence-corrected chi connectivity index (χ0v) is 11.7. The first-order valence-electron chi connectivity index (χ1n) is 6.48. The van der Waals surface area contributed by atoms with Crippen LogP contribution < -0.4 is 5.32 Å². The van der Waals surface area contributed by atoms with Crippen LogP contribution in [-0.2, 0) is 0 Å². The van der Waals surface area contributed by atoms with Gasteiger partial charge in [0.25, 0.3) is 0 Å². The number of anilines is 1. The Hall–Kier alpha value is -1.56. The van der Waals surface area contributed by atoms with Gasteiger partial charge in [0.05, 0.1) is 5.56 Å². The SMILES string of the molecule is CCCC1CCN(C(=O)Nc2sccc2C(=O)O)C1. The Balaban J connectivity index is 1.94. The van der Waals surface area contributed by atoms with Crippen LogP contribution in [-0.4, -0.2) is 35.1 Å². The topological polar surface area (TPSA) is 69.6 Å². The fraction of sp³-hybridized carbons (Fsp3) is 0.538. The van der Waals surface area contributed by atoms with Crippen LogP contribution in [0.5, 0.6) is 0 Å². The summed E-state index contributed by atoms with van der Waals surface area (Å²) in [7, 11) is 0. The third kappa shape index (κ3) is 3.26. The van der Waals surface area contributed by atoms with E-state index in [1.807, 2.05) is 0 Å². The Morgan fingerprint density at radius 2 is 2.37 bits per heavy atom. The summed E-state index contributed by atoms with van der Waals surface area (Å²) in [6.07, 6.45) is 3.31. The third-order valence-corrected chi connectivity index (χ3v) is 4.22. The summed E-state index contributed by atoms with van der Waals surface area (Å²) >= 11 is 1.24. The summed E-state index contributed by atoms with van der Waals surface area (Å²) in [5, 5.41) is 13.8. The van der Waals surface area contributed by atoms with Gasteiger partial charge in [0.15, 0.2) is 0 Å². The van der Waals surface area contributed by atoms with Crippen molar-refractivity contribution in [2.24, 2.45) is 5.92 Å². The second kappa shape index (κ2) is 6.06. The van der Waals surface area contributed by atoms with Crippen molar-refractivity contribution in [1.82, 2.24) is 4.90 Å². The smallest absolute Gasteiger partial charge is 0.338 e. The molecule has 1 aliphatic rings. The number of aromatic carboxylic acids is 1. The summed E-state index contributed by atoms with van der Waals surface area (Å²) in [6.45, 7) is 3.67. The molecule has 2 heterocycles. The highest BCUT2D eigenvalue weighted by atomic mass is 32.1. The summed E-state index contributed by atoms with van der Waals surface area (Å²) in [5.74, 6) is -0.431. The number of rotatable bonds is 4. The monoisotopic (exact) mass is 282 g/mol. The molecule has 5 nitrogen and oxygen atoms in total. The zero-order valence-electron chi connectivity index (χ0n) is 10.9. The molecule has 0 aliphatic carbocycles. The molecule has 0 spiro atoms. The minimum absolute atomic E-state index is 0.155. The molecule has 0 aromatic carbocycles. The van der Waals surface area contributed by atoms with Crippen molar-refractivity contribution in [1.29, 1.82) is 0 Å². The van der Waals surface area contributed by atoms with Crippen molar-refractivity contribution in [3.05, 3.63) is 17.0 Å². The normalized spacial score (nSPS) is 18.6. The minimum Gasteiger partial charge on any atom is -0.478 e. The molecule has 1 unspecified atom stereocenters. The van der Waals surface area contributed by atoms with Gasteiger partial charge in [-0.3, -0.25) is 5.32 Å². The predicted octanol–water partition coefficient (Wildman–Crippen LogP) is 3.10. The molecular weight excluding hydrogens is 264 g/mol. The van der Waals surface area contributed by atoms with Crippen molar-refractivity contribution in [3.63, 3.8) is 0 Å². The lowest BCUT2D eigenvalue weighted by atomic mass is 10.0. The van der Waals surface area contributed by atoms with Crippen LogP contribution in [0, 0.1) is 5.92 Å². The Morgan fingerprint density at radius 1 is 1.58 bits per heavy atom. The van der Waals surface area contributed by atoms with Crippen molar-refractivity contribution in [2.45, 2.75) is 26.2 Å². The largest absolute Gasteiger partial charge is 0.478 e. The molecule has 1 atom stereocenters. The number of nitrogens with zero attached hydrogens (tertiary/aromatic N) is 1. The average Bonchev–Trinajstić information content (AvgIpc) is 2.98. The molecule has 19 heavy (non-hydrogen) atoms. The van der Waals surface area contributed by atoms with Gasteiger partial charge in [-0.1, -0.05) is 13.3 Å². The number of hydrogen-bond donors (Lipinski definition) is 2. The molecule has 0 saturated carbocycles. The van der Waals surface area contributed by atoms with E-state index in [-0.39, 0.29) is 11.6 Å². The van der Waals surface area contributed by atoms with E-state index in [9.17, 15) is 9.59 Å². The van der Waals surface area contributed by atoms with Gasteiger partial charge in [-0.2, -0.15) is 0 Å². The fourth-order valence-electron chi connectivity index (χ4n) is 2.41. The van der Waals surface area contributed by atoms with Crippen molar-refractivity contribution in [2.75, 3.05) is 18.4 Å². The Morgan fingerprint density at radius 3 is 3.05 bits per heavy atom. The molecule has 1 aliphatic heterocycles. The quantitative estimate of drug-likeness (QED) is 0.891. The van der Waals surface area contributed by atoms with E-state index in [2.05, 4.69) is 12.2 Å². The lowest BCUT2D eigenvalue weighted by Gasteiger charge is -2.17. The molecule has 104 valence electrons. The van der Waals surface area contributed by atoms with Gasteiger partial charge in [0.2, 0.25) is 0 Å². The van der Waals surface area contributed by atoms with Gasteiger partial charge in [-0.25, -0.2) is 9.59 Å². The Bertz CT molecular complexity index is 472. The molecule has 1 aromatic heterocycles. The molecule has 2 amide bonds. The fourth-order valence-corrected chi connectivity index (χ4v) is 3.18. The standard InChI is InChI=1S/C13H18N2O3S/c1-2-3-9-4-6-15(8-9)13(18)14-11-10(12(16)17)5-7-19-11/h5,7,9H,2-4,6,8H2,1H3,(H,14,18)(H,16,17). The summed E-state index contributed by atoms with van der Waals surface area (Å²) in [5.41, 5.74) is 0.155. The van der Waals surface area contributed by atoms with Crippen LogP contribution in [0.15, 0.2) is 11.4 Å². The molecule has 1 aromatic rings. The second-order valence-electron chi connectivity index (χ2n) is 4.79. The second-order valence-corrected chi connectivity index (χ2v) is 5.70. The van der Waals surface area contributed by atoms with Crippen LogP contribution in [0.25, 0.3) is 0 Å². The predicted molar refractivity (Wildman–Crippen MR) is 74.9 cm³/mol. The van der Waals surface area contributed by atoms with Gasteiger partial charge in [0.1, 0.15) is 5.00 Å². The van der Waals surface area contributed by atoms with Gasteiger partial charge in [0, 0.05) is 13.1 Å². The number of carboxylic acids is 1. The first kappa shape index (κ1) is 13.9. The molecule has 2 N–H and O–H groups in total. The number of urea groups is 1. The first-order chi connectivity index (χ1) is 9.11. The lowest BCUT2D eigenvalue weighted by molar-refractivity contribution is 0.0698. The highest BCUT2D eigenvalue weighted by Gasteiger charge is 2.26. The number of carboxylic acid groups (broad SMARTS) is 1. The van der Waals surface area contributed by atoms with Gasteiger partial charge in [-0.15, -0.1) is 11.3 Å². The van der Waals surface area contributed by atoms with E-state index in [1.54, 1.807) is 10.3 Å². The van der Waals surface area contributed by atoms with Crippen molar-refractivity contribution in [3.8, 4) is 0 Å². The van der Waals surface area contributed by atoms with Crippen LogP contribution in [0.2, 0.25) is 0 Å². The number of thiophene rings is 1. The van der Waals surface area contributed by atoms with Crippen LogP contribution >= 0.6 is 11.3 Å². The summed E-state index contributed by atoms with van der Waals surface area (Å²) in [6, 6.07) is 1.32. The molecule has 1 saturated heterocycles. The minimum atomic E-state index is -1.01. The van der Waals surface area contributed by atoms with E-state index < -0.39 is 5.97 Å². The number of nitrogens with one attached hydrogen (secondary N) is 1. The van der Waals surface area contributed by atoms with Gasteiger partial charge in [-0.05, 0) is 30.2 Å². The van der Waals surface area contributed by atoms with Crippen molar-refractivity contribution >= 4 is 28.3 Å². The molecule has 2 rings (SSSR count). The zero-order chi connectivity index (χ0) is 13.8. The average molecular weight is 282 g/mol. The highest BCUT2D eigenvalue weighted by molar-refractivity contribution is 7.14. The number of hydrogen-bond acceptors (Lipinski definition) is 3. The maximum atomic E-state index is 12.1. The summed E-state index contributed by atoms with van der Waals surface area (Å²) in [4.78, 5) is 24.8. The van der Waals surface area contributed by atoms with E-state index >= 15 is 0 Å². The summed E-state index contributed by atoms with van der Waals surface area (Å²) < 4.78 is 0. The van der Waals surface area contributed by atoms with Crippen LogP contribution in [0.1, 0.15) is 36.5 Å². The maximum absolute atomic E-state index is 12.1. The van der Waals surface area contributed by atoms with E-state index in [0.29, 0.717) is 10.9 Å². The van der Waals surface area contributed by atoms with Crippen LogP contribution in [0.4, 0.5) is 9.80 Å². The van der Waals surface area contributed by atoms with Gasteiger partial charge >= 0.3 is 12.0 Å². The van der Waals surface area contributed by atoms with Crippen molar-refractivity contribution < 1.29 is 14.7 Å². The Labute approximate surface area is 116 Å². The number of carbonyl (C=O) groups excluding carboxylic acids is 1. The molecule has 1 fully saturated rings. The first-order valence-corrected chi connectivity index (χ1v) is 7.36. The Kier molecular flexibility index (Phi) is 4.42. The number of amides is 2. The third-order valence-electron chi connectivity index (χ3n) is 3.39. The van der Waals surface area contributed by atoms with Crippen LogP contribution in [0.3, 0.4) is 0 Å². The highest BCUT2D eigenvalue weighted by Crippen LogP contribution is 2.25. The van der Waals surface area contributed by atoms with Gasteiger partial charge < -0.3 is 10.0 Å². The lowest BCUT2D eigenvalue weighted by Crippen LogP contribution is -2.33. The molecule has 0 bridgehead atoms. The number of likely N-dealkylation sites (tertiary alicyclic amines) is 1. The molecule has 6 heteroatoms. The van der Waals surface area contributed by atoms with E-state index in [0.717, 1.165) is 32.4 Å².